The van der Waals surface area contributed by atoms with Crippen LogP contribution in [0, 0.1) is 0 Å². The quantitative estimate of drug-likeness (QED) is 0.707. The molecule has 16 heavy (non-hydrogen) atoms. The molecule has 92 valence electrons. The van der Waals surface area contributed by atoms with Gasteiger partial charge in [-0.2, -0.15) is 13.2 Å². The molecule has 0 spiro atoms. The highest BCUT2D eigenvalue weighted by Crippen LogP contribution is 2.18. The zero-order valence-electron chi connectivity index (χ0n) is 8.58. The fourth-order valence-electron chi connectivity index (χ4n) is 1.38. The van der Waals surface area contributed by atoms with E-state index in [0.29, 0.717) is 0 Å². The zero-order chi connectivity index (χ0) is 12.3. The van der Waals surface area contributed by atoms with Crippen LogP contribution in [-0.4, -0.2) is 59.6 Å². The Bertz CT molecular complexity index is 295. The van der Waals surface area contributed by atoms with Crippen LogP contribution >= 0.6 is 11.8 Å². The van der Waals surface area contributed by atoms with Gasteiger partial charge in [0.05, 0.1) is 0 Å². The third-order valence-corrected chi connectivity index (χ3v) is 2.73. The van der Waals surface area contributed by atoms with Gasteiger partial charge in [0.25, 0.3) is 5.24 Å². The van der Waals surface area contributed by atoms with E-state index in [1.807, 2.05) is 0 Å². The summed E-state index contributed by atoms with van der Waals surface area (Å²) in [7, 11) is 0. The van der Waals surface area contributed by atoms with Crippen molar-refractivity contribution in [2.24, 2.45) is 0 Å². The van der Waals surface area contributed by atoms with E-state index in [9.17, 15) is 22.8 Å². The first kappa shape index (κ1) is 13.1. The predicted molar refractivity (Wildman–Crippen MR) is 53.1 cm³/mol. The van der Waals surface area contributed by atoms with Gasteiger partial charge in [-0.25, -0.2) is 0 Å². The summed E-state index contributed by atoms with van der Waals surface area (Å²) in [4.78, 5) is 24.5. The van der Waals surface area contributed by atoms with Crippen LogP contribution in [0.2, 0.25) is 0 Å². The Morgan fingerprint density at radius 1 is 1.44 bits per heavy atom. The Hall–Kier alpha value is -0.920. The fourth-order valence-corrected chi connectivity index (χ4v) is 1.79. The van der Waals surface area contributed by atoms with Crippen molar-refractivity contribution in [1.29, 1.82) is 0 Å². The monoisotopic (exact) mass is 256 g/mol. The number of carbonyl (C=O) groups excluding carboxylic acids is 2. The molecule has 0 aromatic carbocycles. The Kier molecular flexibility index (Phi) is 4.06. The number of carbonyl (C=O) groups is 2. The molecule has 0 saturated carbocycles. The second-order valence-electron chi connectivity index (χ2n) is 3.32. The number of thioether (sulfide) groups is 1. The van der Waals surface area contributed by atoms with Crippen LogP contribution in [0.25, 0.3) is 0 Å². The molecule has 1 heterocycles. The van der Waals surface area contributed by atoms with Crippen LogP contribution in [0.4, 0.5) is 18.0 Å². The van der Waals surface area contributed by atoms with Crippen LogP contribution in [0.5, 0.6) is 0 Å². The van der Waals surface area contributed by atoms with Crippen molar-refractivity contribution in [3.05, 3.63) is 0 Å². The van der Waals surface area contributed by atoms with Crippen molar-refractivity contribution >= 4 is 22.9 Å². The van der Waals surface area contributed by atoms with Crippen molar-refractivity contribution in [2.45, 2.75) is 6.18 Å². The molecule has 0 N–H and O–H groups in total. The van der Waals surface area contributed by atoms with E-state index in [-0.39, 0.29) is 24.9 Å². The summed E-state index contributed by atoms with van der Waals surface area (Å²) < 4.78 is 36.2. The van der Waals surface area contributed by atoms with Crippen LogP contribution < -0.4 is 0 Å². The van der Waals surface area contributed by atoms with E-state index in [4.69, 9.17) is 0 Å². The van der Waals surface area contributed by atoms with Gasteiger partial charge in [0.15, 0.2) is 0 Å². The maximum Gasteiger partial charge on any atom is 0.406 e. The van der Waals surface area contributed by atoms with Crippen molar-refractivity contribution < 1.29 is 22.8 Å². The molecule has 0 bridgehead atoms. The summed E-state index contributed by atoms with van der Waals surface area (Å²) in [5.41, 5.74) is 0. The molecule has 1 aliphatic heterocycles. The van der Waals surface area contributed by atoms with Crippen molar-refractivity contribution in [3.63, 3.8) is 0 Å². The number of piperazine rings is 1. The summed E-state index contributed by atoms with van der Waals surface area (Å²) in [6.45, 7) is -1.42. The third kappa shape index (κ3) is 3.58. The Labute approximate surface area is 94.8 Å². The van der Waals surface area contributed by atoms with Gasteiger partial charge in [-0.15, -0.1) is 0 Å². The Balaban J connectivity index is 2.53. The van der Waals surface area contributed by atoms with E-state index < -0.39 is 18.6 Å². The molecule has 1 fully saturated rings. The topological polar surface area (TPSA) is 40.6 Å². The molecule has 1 saturated heterocycles. The summed E-state index contributed by atoms with van der Waals surface area (Å²) >= 11 is 0.942. The van der Waals surface area contributed by atoms with E-state index in [2.05, 4.69) is 0 Å². The number of rotatable bonds is 1. The lowest BCUT2D eigenvalue weighted by Crippen LogP contribution is -2.53. The van der Waals surface area contributed by atoms with E-state index in [1.165, 1.54) is 4.90 Å². The highest BCUT2D eigenvalue weighted by Gasteiger charge is 2.36. The molecule has 0 aliphatic carbocycles. The molecule has 8 heteroatoms. The molecule has 4 nitrogen and oxygen atoms in total. The highest BCUT2D eigenvalue weighted by atomic mass is 32.2. The summed E-state index contributed by atoms with van der Waals surface area (Å²) in [6, 6.07) is 0. The average Bonchev–Trinajstić information content (AvgIpc) is 2.18. The van der Waals surface area contributed by atoms with Crippen molar-refractivity contribution in [2.75, 3.05) is 32.4 Å². The molecule has 1 rings (SSSR count). The highest BCUT2D eigenvalue weighted by molar-refractivity contribution is 8.12. The zero-order valence-corrected chi connectivity index (χ0v) is 9.40. The summed E-state index contributed by atoms with van der Waals surface area (Å²) in [5, 5.41) is -0.292. The van der Waals surface area contributed by atoms with Gasteiger partial charge in [-0.3, -0.25) is 9.59 Å². The van der Waals surface area contributed by atoms with Crippen LogP contribution in [0.1, 0.15) is 0 Å². The van der Waals surface area contributed by atoms with E-state index >= 15 is 0 Å². The molecule has 0 aromatic rings. The van der Waals surface area contributed by atoms with Crippen LogP contribution in [0.3, 0.4) is 0 Å². The lowest BCUT2D eigenvalue weighted by molar-refractivity contribution is -0.164. The van der Waals surface area contributed by atoms with Crippen LogP contribution in [-0.2, 0) is 4.79 Å². The summed E-state index contributed by atoms with van der Waals surface area (Å²) in [6.07, 6.45) is -2.82. The molecular weight excluding hydrogens is 245 g/mol. The van der Waals surface area contributed by atoms with Gasteiger partial charge in [0.1, 0.15) is 13.1 Å². The normalized spacial score (nSPS) is 17.9. The van der Waals surface area contributed by atoms with Gasteiger partial charge in [-0.05, 0) is 6.26 Å². The largest absolute Gasteiger partial charge is 0.406 e. The molecule has 0 aromatic heterocycles. The molecule has 2 amide bonds. The van der Waals surface area contributed by atoms with Gasteiger partial charge >= 0.3 is 6.18 Å². The SMILES string of the molecule is CSC(=O)N1CCN(CC(F)(F)F)C(=O)C1. The smallest absolute Gasteiger partial charge is 0.330 e. The number of hydrogen-bond donors (Lipinski definition) is 0. The molecule has 0 radical (unpaired) electrons. The molecular formula is C8H11F3N2O2S. The first-order chi connectivity index (χ1) is 7.33. The standard InChI is InChI=1S/C8H11F3N2O2S/c1-16-7(15)12-2-3-13(6(14)4-12)5-8(9,10)11/h2-5H2,1H3. The number of hydrogen-bond acceptors (Lipinski definition) is 3. The van der Waals surface area contributed by atoms with E-state index in [1.54, 1.807) is 6.26 Å². The minimum atomic E-state index is -4.39. The lowest BCUT2D eigenvalue weighted by Gasteiger charge is -2.34. The Morgan fingerprint density at radius 3 is 2.50 bits per heavy atom. The fraction of sp³-hybridized carbons (Fsp3) is 0.750. The first-order valence-electron chi connectivity index (χ1n) is 4.51. The van der Waals surface area contributed by atoms with Crippen molar-refractivity contribution in [1.82, 2.24) is 9.80 Å². The number of nitrogens with zero attached hydrogens (tertiary/aromatic N) is 2. The maximum absolute atomic E-state index is 12.1. The molecule has 0 unspecified atom stereocenters. The first-order valence-corrected chi connectivity index (χ1v) is 5.73. The van der Waals surface area contributed by atoms with Gasteiger partial charge in [0.2, 0.25) is 5.91 Å². The molecule has 1 aliphatic rings. The van der Waals surface area contributed by atoms with Gasteiger partial charge in [-0.1, -0.05) is 11.8 Å². The van der Waals surface area contributed by atoms with E-state index in [0.717, 1.165) is 16.7 Å². The van der Waals surface area contributed by atoms with Gasteiger partial charge < -0.3 is 9.80 Å². The van der Waals surface area contributed by atoms with Crippen molar-refractivity contribution in [3.8, 4) is 0 Å². The number of alkyl halides is 3. The number of halogens is 3. The Morgan fingerprint density at radius 2 is 2.06 bits per heavy atom. The minimum Gasteiger partial charge on any atom is -0.330 e. The maximum atomic E-state index is 12.1. The second-order valence-corrected chi connectivity index (χ2v) is 4.08. The third-order valence-electron chi connectivity index (χ3n) is 2.12. The lowest BCUT2D eigenvalue weighted by atomic mass is 10.3. The predicted octanol–water partition coefficient (Wildman–Crippen LogP) is 1.18. The van der Waals surface area contributed by atoms with Gasteiger partial charge in [0, 0.05) is 13.1 Å². The number of amides is 2. The molecule has 0 atom stereocenters. The minimum absolute atomic E-state index is 0.0648. The summed E-state index contributed by atoms with van der Waals surface area (Å²) in [5.74, 6) is -0.661. The average molecular weight is 256 g/mol. The second kappa shape index (κ2) is 4.94. The van der Waals surface area contributed by atoms with Crippen LogP contribution in [0.15, 0.2) is 0 Å².